The summed E-state index contributed by atoms with van der Waals surface area (Å²) in [5.41, 5.74) is 1.93. The summed E-state index contributed by atoms with van der Waals surface area (Å²) in [7, 11) is 6.32. The van der Waals surface area contributed by atoms with Crippen LogP contribution < -0.4 is 0 Å². The van der Waals surface area contributed by atoms with E-state index in [4.69, 9.17) is 80.2 Å². The number of rotatable bonds is 18. The third-order valence-corrected chi connectivity index (χ3v) is 19.9. The normalized spacial score (nSPS) is 49.4. The number of furan rings is 1. The van der Waals surface area contributed by atoms with Gasteiger partial charge in [0.2, 0.25) is 0 Å². The summed E-state index contributed by atoms with van der Waals surface area (Å²) in [6.45, 7) is 12.7. The smallest absolute Gasteiger partial charge is 0.187 e. The van der Waals surface area contributed by atoms with Crippen LogP contribution in [0, 0.1) is 24.2 Å². The molecule has 31 atom stereocenters. The number of Topliss-reactive ketones (excluding diaryl/α,β-unsaturated/α-hetero) is 1. The number of carbonyl (C=O) groups is 1. The lowest BCUT2D eigenvalue weighted by atomic mass is 9.51. The second kappa shape index (κ2) is 27.5. The molecule has 0 unspecified atom stereocenters. The molecule has 10 rings (SSSR count). The maximum atomic E-state index is 14.0. The van der Waals surface area contributed by atoms with Gasteiger partial charge in [0.15, 0.2) is 37.7 Å². The monoisotopic (exact) mass is 1200 g/mol. The van der Waals surface area contributed by atoms with Crippen molar-refractivity contribution in [2.45, 2.75) is 285 Å². The summed E-state index contributed by atoms with van der Waals surface area (Å²) in [4.78, 5) is 14.0. The number of hydrogen-bond acceptors (Lipinski definition) is 24. The molecule has 24 nitrogen and oxygen atoms in total. The highest BCUT2D eigenvalue weighted by Gasteiger charge is 2.56. The van der Waals surface area contributed by atoms with E-state index in [1.54, 1.807) is 41.4 Å². The van der Waals surface area contributed by atoms with Gasteiger partial charge < -0.3 is 111 Å². The Hall–Kier alpha value is -2.19. The van der Waals surface area contributed by atoms with Crippen LogP contribution in [0.15, 0.2) is 28.4 Å². The fourth-order valence-corrected chi connectivity index (χ4v) is 15.2. The van der Waals surface area contributed by atoms with E-state index in [1.807, 2.05) is 33.8 Å². The number of ketones is 1. The number of aryl methyl sites for hydroxylation is 1. The number of carbonyl (C=O) groups excluding carboxylic acids is 1. The molecule has 7 heterocycles. The molecule has 0 radical (unpaired) electrons. The third-order valence-electron chi connectivity index (χ3n) is 19.9. The maximum absolute atomic E-state index is 14.0. The molecule has 84 heavy (non-hydrogen) atoms. The molecule has 6 aliphatic heterocycles. The molecule has 6 saturated heterocycles. The Morgan fingerprint density at radius 2 is 1.02 bits per heavy atom. The zero-order valence-electron chi connectivity index (χ0n) is 50.4. The van der Waals surface area contributed by atoms with Crippen molar-refractivity contribution in [2.24, 2.45) is 17.3 Å². The van der Waals surface area contributed by atoms with E-state index < -0.39 is 173 Å². The number of allylic oxidation sites excluding steroid dienone is 1. The predicted molar refractivity (Wildman–Crippen MR) is 290 cm³/mol. The highest BCUT2D eigenvalue weighted by molar-refractivity contribution is 5.89. The van der Waals surface area contributed by atoms with Crippen LogP contribution in [0.4, 0.5) is 0 Å². The quantitative estimate of drug-likeness (QED) is 0.115. The van der Waals surface area contributed by atoms with Gasteiger partial charge in [-0.25, -0.2) is 0 Å². The number of fused-ring (bicyclic) bond motifs is 3. The van der Waals surface area contributed by atoms with E-state index in [2.05, 4.69) is 13.0 Å². The number of ether oxygens (including phenoxy) is 16. The second-order valence-corrected chi connectivity index (χ2v) is 25.1. The summed E-state index contributed by atoms with van der Waals surface area (Å²) in [5.74, 6) is 0.997. The first-order valence-electron chi connectivity index (χ1n) is 30.4. The van der Waals surface area contributed by atoms with E-state index in [9.17, 15) is 35.4 Å². The molecule has 9 aliphatic rings. The zero-order chi connectivity index (χ0) is 60.1. The highest BCUT2D eigenvalue weighted by Crippen LogP contribution is 2.58. The Kier molecular flexibility index (Phi) is 21.2. The first kappa shape index (κ1) is 64.8. The molecule has 478 valence electrons. The van der Waals surface area contributed by atoms with Crippen LogP contribution in [-0.4, -0.2) is 237 Å². The summed E-state index contributed by atoms with van der Waals surface area (Å²) in [6.07, 6.45) is -12.7. The molecule has 24 heteroatoms. The maximum Gasteiger partial charge on any atom is 0.187 e. The Labute approximate surface area is 492 Å². The molecule has 6 N–H and O–H groups in total. The van der Waals surface area contributed by atoms with Gasteiger partial charge in [-0.05, 0) is 91.0 Å². The molecular weight excluding hydrogens is 1100 g/mol. The Morgan fingerprint density at radius 3 is 1.49 bits per heavy atom. The van der Waals surface area contributed by atoms with Crippen LogP contribution in [0.2, 0.25) is 0 Å². The van der Waals surface area contributed by atoms with Crippen molar-refractivity contribution < 1.29 is 116 Å². The van der Waals surface area contributed by atoms with E-state index in [0.717, 1.165) is 24.2 Å². The van der Waals surface area contributed by atoms with Gasteiger partial charge in [-0.1, -0.05) is 18.6 Å². The number of hydrogen-bond donors (Lipinski definition) is 6. The van der Waals surface area contributed by atoms with Gasteiger partial charge in [0.05, 0.1) is 86.1 Å². The average Bonchev–Trinajstić information content (AvgIpc) is 1.24. The summed E-state index contributed by atoms with van der Waals surface area (Å²) < 4.78 is 106. The van der Waals surface area contributed by atoms with Gasteiger partial charge in [0.1, 0.15) is 66.5 Å². The largest absolute Gasteiger partial charge is 0.469 e. The number of aliphatic hydroxyl groups excluding tert-OH is 6. The third kappa shape index (κ3) is 13.3. The van der Waals surface area contributed by atoms with Crippen LogP contribution in [0.5, 0.6) is 0 Å². The summed E-state index contributed by atoms with van der Waals surface area (Å²) >= 11 is 0. The lowest BCUT2D eigenvalue weighted by molar-refractivity contribution is -0.359. The Morgan fingerprint density at radius 1 is 0.560 bits per heavy atom. The van der Waals surface area contributed by atoms with Gasteiger partial charge in [-0.2, -0.15) is 0 Å². The molecule has 2 saturated carbocycles. The fourth-order valence-electron chi connectivity index (χ4n) is 15.2. The molecule has 3 aliphatic carbocycles. The van der Waals surface area contributed by atoms with E-state index in [-0.39, 0.29) is 48.2 Å². The molecular formula is C60H94O24. The summed E-state index contributed by atoms with van der Waals surface area (Å²) in [5, 5.41) is 64.2. The minimum atomic E-state index is -1.60. The average molecular weight is 1200 g/mol. The van der Waals surface area contributed by atoms with Gasteiger partial charge >= 0.3 is 0 Å². The van der Waals surface area contributed by atoms with Gasteiger partial charge in [-0.15, -0.1) is 0 Å². The van der Waals surface area contributed by atoms with Crippen molar-refractivity contribution in [3.63, 3.8) is 0 Å². The molecule has 8 fully saturated rings. The van der Waals surface area contributed by atoms with Crippen molar-refractivity contribution in [3.05, 3.63) is 35.3 Å². The van der Waals surface area contributed by atoms with Crippen molar-refractivity contribution in [3.8, 4) is 0 Å². The molecule has 1 aromatic rings. The van der Waals surface area contributed by atoms with Crippen molar-refractivity contribution >= 4 is 5.78 Å². The first-order valence-corrected chi connectivity index (χ1v) is 30.4. The van der Waals surface area contributed by atoms with Crippen molar-refractivity contribution in [1.82, 2.24) is 0 Å². The van der Waals surface area contributed by atoms with Crippen molar-refractivity contribution in [1.29, 1.82) is 0 Å². The first-order chi connectivity index (χ1) is 40.2. The minimum Gasteiger partial charge on any atom is -0.469 e. The molecule has 1 aromatic heterocycles. The summed E-state index contributed by atoms with van der Waals surface area (Å²) in [6, 6.07) is 1.93. The van der Waals surface area contributed by atoms with Gasteiger partial charge in [0, 0.05) is 77.9 Å². The predicted octanol–water partition coefficient (Wildman–Crippen LogP) is 2.96. The lowest BCUT2D eigenvalue weighted by Gasteiger charge is -2.54. The Balaban J connectivity index is 0.672. The van der Waals surface area contributed by atoms with Crippen LogP contribution in [0.3, 0.4) is 0 Å². The Bertz CT molecular complexity index is 2310. The second-order valence-electron chi connectivity index (χ2n) is 25.1. The number of aliphatic hydroxyl groups is 6. The fraction of sp³-hybridized carbons (Fsp3) is 0.883. The van der Waals surface area contributed by atoms with Crippen LogP contribution in [-0.2, 0) is 80.6 Å². The van der Waals surface area contributed by atoms with Gasteiger partial charge in [0.25, 0.3) is 0 Å². The lowest BCUT2D eigenvalue weighted by Crippen LogP contribution is -2.62. The zero-order valence-corrected chi connectivity index (χ0v) is 50.4. The number of methoxy groups -OCH3 is 4. The van der Waals surface area contributed by atoms with E-state index in [0.29, 0.717) is 32.1 Å². The molecule has 0 bridgehead atoms. The van der Waals surface area contributed by atoms with Gasteiger partial charge in [-0.3, -0.25) is 4.79 Å². The molecule has 0 amide bonds. The SMILES string of the molecule is CO[C@H]1C[C@H](O[C@@H]2CC3=CC[C@H]4C(=O)[C@@H](c5ccoc5C)CC[C@@H]4[C@@]3(C)C[C@H]2O)O[C@H](C)[C@H]1O[C@H]1C[C@@H](OC)[C@H](O[C@H]2C[C@H](O)[C@H](O[C@H]3C[C@@H](OC)[C@H](O[C@H]4C[C@@H](OC)[C@@H](O[C@@H]5O[C@H](CO)[C@@H](O)[C@H](O)[C@H]5O)[C@H](C)O4)[C@@H](C)O3)[C@@H](C)O2)[C@H](C)O1. The van der Waals surface area contributed by atoms with Crippen molar-refractivity contribution in [2.75, 3.05) is 35.0 Å². The standard InChI is InChI=1S/C60H94O24/c1-26-33(16-17-72-26)34-14-15-36-35(50(34)64)13-12-32-18-39(38(63)24-60(32,36)7)78-46-20-40(68-8)56(28(3)74-46)82-48-22-42(70-10)55(29(4)76-48)81-45-19-37(62)54(27(2)73-45)80-47-21-41(69-9)57(30(5)75-47)83-49-23-43(71-11)58(31(6)77-49)84-59-53(67)52(66)51(65)44(25-61)79-59/h12,16-17,27-31,34-49,51-59,61-63,65-67H,13-15,18-25H2,1-11H3/t27-,28-,29+,30-,31+,34-,35-,36+,37+,38-,39-,40+,41-,42-,43-,44-,45+,46+,47+,48+,49+,51-,52+,53-,54-,55-,56-,57-,58+,59+,60+/m1/s1. The van der Waals surface area contributed by atoms with Crippen LogP contribution in [0.25, 0.3) is 0 Å². The highest BCUT2D eigenvalue weighted by atomic mass is 16.8. The van der Waals surface area contributed by atoms with Crippen LogP contribution in [0.1, 0.15) is 123 Å². The van der Waals surface area contributed by atoms with E-state index >= 15 is 0 Å². The van der Waals surface area contributed by atoms with E-state index in [1.165, 1.54) is 12.7 Å². The molecule has 0 spiro atoms. The topological polar surface area (TPSA) is 299 Å². The minimum absolute atomic E-state index is 0.0911. The van der Waals surface area contributed by atoms with Crippen LogP contribution >= 0.6 is 0 Å². The molecule has 0 aromatic carbocycles.